The van der Waals surface area contributed by atoms with Gasteiger partial charge in [0.05, 0.1) is 26.5 Å². The Bertz CT molecular complexity index is 943. The van der Waals surface area contributed by atoms with Crippen molar-refractivity contribution in [1.29, 1.82) is 0 Å². The summed E-state index contributed by atoms with van der Waals surface area (Å²) >= 11 is 1.39. The molecule has 0 saturated heterocycles. The summed E-state index contributed by atoms with van der Waals surface area (Å²) in [6, 6.07) is 15.8. The number of nitrogens with zero attached hydrogens (tertiary/aromatic N) is 1. The molecule has 0 aliphatic carbocycles. The highest BCUT2D eigenvalue weighted by atomic mass is 32.1. The Morgan fingerprint density at radius 2 is 1.83 bits per heavy atom. The van der Waals surface area contributed by atoms with Crippen LogP contribution >= 0.6 is 11.3 Å². The molecule has 0 aliphatic rings. The fourth-order valence-electron chi connectivity index (χ4n) is 2.91. The van der Waals surface area contributed by atoms with E-state index in [0.717, 1.165) is 17.7 Å². The second-order valence-corrected chi connectivity index (χ2v) is 7.47. The van der Waals surface area contributed by atoms with Gasteiger partial charge in [0.2, 0.25) is 5.91 Å². The van der Waals surface area contributed by atoms with Gasteiger partial charge >= 0.3 is 0 Å². The van der Waals surface area contributed by atoms with Gasteiger partial charge < -0.3 is 19.5 Å². The molecule has 0 atom stereocenters. The Hall–Kier alpha value is -2.90. The minimum atomic E-state index is -0.0603. The number of aromatic nitrogens is 1. The maximum Gasteiger partial charge on any atom is 0.226 e. The van der Waals surface area contributed by atoms with Gasteiger partial charge in [0.25, 0.3) is 0 Å². The first kappa shape index (κ1) is 21.8. The lowest BCUT2D eigenvalue weighted by Crippen LogP contribution is -2.12. The molecule has 0 fully saturated rings. The summed E-state index contributed by atoms with van der Waals surface area (Å²) in [5, 5.41) is 5.34. The molecule has 0 unspecified atom stereocenters. The summed E-state index contributed by atoms with van der Waals surface area (Å²) in [7, 11) is 3.20. The third-order valence-electron chi connectivity index (χ3n) is 4.50. The third kappa shape index (κ3) is 6.30. The molecule has 0 radical (unpaired) electrons. The number of carbonyl (C=O) groups excluding carboxylic acids is 1. The predicted octanol–water partition coefficient (Wildman–Crippen LogP) is 4.81. The van der Waals surface area contributed by atoms with Crippen LogP contribution in [0.4, 0.5) is 5.13 Å². The maximum absolute atomic E-state index is 12.2. The summed E-state index contributed by atoms with van der Waals surface area (Å²) in [5.41, 5.74) is 2.93. The van der Waals surface area contributed by atoms with Gasteiger partial charge in [-0.3, -0.25) is 4.79 Å². The Labute approximate surface area is 180 Å². The van der Waals surface area contributed by atoms with Crippen LogP contribution < -0.4 is 14.8 Å². The van der Waals surface area contributed by atoms with Gasteiger partial charge in [-0.25, -0.2) is 4.98 Å². The van der Waals surface area contributed by atoms with Gasteiger partial charge in [0.1, 0.15) is 0 Å². The third-order valence-corrected chi connectivity index (χ3v) is 5.26. The van der Waals surface area contributed by atoms with Crippen LogP contribution in [0.25, 0.3) is 11.3 Å². The van der Waals surface area contributed by atoms with E-state index in [1.165, 1.54) is 16.9 Å². The van der Waals surface area contributed by atoms with Gasteiger partial charge in [0, 0.05) is 24.0 Å². The standard InChI is InChI=1S/C23H26N2O4S/c1-27-20-11-10-18(15-21(20)28-2)19-16-30-23(24-19)25-22(26)9-6-13-29-14-12-17-7-4-3-5-8-17/h3-5,7-8,10-11,15-16H,6,9,12-14H2,1-2H3,(H,24,25,26). The quantitative estimate of drug-likeness (QED) is 0.446. The summed E-state index contributed by atoms with van der Waals surface area (Å²) in [4.78, 5) is 16.7. The number of rotatable bonds is 11. The van der Waals surface area contributed by atoms with Crippen molar-refractivity contribution in [2.75, 3.05) is 32.8 Å². The number of carbonyl (C=O) groups is 1. The van der Waals surface area contributed by atoms with Crippen molar-refractivity contribution in [1.82, 2.24) is 4.98 Å². The van der Waals surface area contributed by atoms with E-state index < -0.39 is 0 Å². The molecule has 0 aliphatic heterocycles. The topological polar surface area (TPSA) is 69.7 Å². The number of amides is 1. The molecule has 1 heterocycles. The predicted molar refractivity (Wildman–Crippen MR) is 119 cm³/mol. The number of thiazole rings is 1. The Kier molecular flexibility index (Phi) is 8.23. The SMILES string of the molecule is COc1ccc(-c2csc(NC(=O)CCCOCCc3ccccc3)n2)cc1OC. The van der Waals surface area contributed by atoms with Crippen molar-refractivity contribution in [3.05, 3.63) is 59.5 Å². The molecule has 0 spiro atoms. The zero-order valence-electron chi connectivity index (χ0n) is 17.2. The highest BCUT2D eigenvalue weighted by Crippen LogP contribution is 2.33. The molecule has 6 nitrogen and oxygen atoms in total. The van der Waals surface area contributed by atoms with Crippen molar-refractivity contribution in [3.8, 4) is 22.8 Å². The van der Waals surface area contributed by atoms with Gasteiger partial charge in [-0.2, -0.15) is 0 Å². The lowest BCUT2D eigenvalue weighted by Gasteiger charge is -2.08. The number of methoxy groups -OCH3 is 2. The molecule has 7 heteroatoms. The zero-order chi connectivity index (χ0) is 21.2. The molecule has 30 heavy (non-hydrogen) atoms. The minimum Gasteiger partial charge on any atom is -0.493 e. The lowest BCUT2D eigenvalue weighted by molar-refractivity contribution is -0.116. The number of benzene rings is 2. The van der Waals surface area contributed by atoms with E-state index in [0.29, 0.717) is 42.7 Å². The van der Waals surface area contributed by atoms with Crippen LogP contribution in [0.15, 0.2) is 53.9 Å². The second kappa shape index (κ2) is 11.3. The molecule has 1 N–H and O–H groups in total. The zero-order valence-corrected chi connectivity index (χ0v) is 18.0. The first-order valence-corrected chi connectivity index (χ1v) is 10.7. The Morgan fingerprint density at radius 1 is 1.03 bits per heavy atom. The summed E-state index contributed by atoms with van der Waals surface area (Å²) < 4.78 is 16.2. The molecule has 3 aromatic rings. The van der Waals surface area contributed by atoms with Crippen LogP contribution in [0.1, 0.15) is 18.4 Å². The van der Waals surface area contributed by atoms with Crippen LogP contribution in [0.3, 0.4) is 0 Å². The number of hydrogen-bond donors (Lipinski definition) is 1. The fourth-order valence-corrected chi connectivity index (χ4v) is 3.65. The number of nitrogens with one attached hydrogen (secondary N) is 1. The van der Waals surface area contributed by atoms with Crippen LogP contribution in [0, 0.1) is 0 Å². The molecule has 0 saturated carbocycles. The van der Waals surface area contributed by atoms with E-state index in [1.807, 2.05) is 41.8 Å². The largest absolute Gasteiger partial charge is 0.493 e. The van der Waals surface area contributed by atoms with E-state index in [-0.39, 0.29) is 5.91 Å². The molecule has 1 amide bonds. The summed E-state index contributed by atoms with van der Waals surface area (Å²) in [6.45, 7) is 1.22. The average Bonchev–Trinajstić information content (AvgIpc) is 3.24. The first-order valence-electron chi connectivity index (χ1n) is 9.79. The van der Waals surface area contributed by atoms with Gasteiger partial charge in [-0.15, -0.1) is 11.3 Å². The Balaban J connectivity index is 1.40. The van der Waals surface area contributed by atoms with Crippen molar-refractivity contribution < 1.29 is 19.0 Å². The van der Waals surface area contributed by atoms with Crippen LogP contribution in [-0.4, -0.2) is 38.3 Å². The number of hydrogen-bond acceptors (Lipinski definition) is 6. The first-order chi connectivity index (χ1) is 14.7. The van der Waals surface area contributed by atoms with Crippen LogP contribution in [0.2, 0.25) is 0 Å². The monoisotopic (exact) mass is 426 g/mol. The Morgan fingerprint density at radius 3 is 2.60 bits per heavy atom. The molecule has 0 bridgehead atoms. The van der Waals surface area contributed by atoms with E-state index in [1.54, 1.807) is 14.2 Å². The molecule has 2 aromatic carbocycles. The second-order valence-electron chi connectivity index (χ2n) is 6.61. The molecular formula is C23H26N2O4S. The van der Waals surface area contributed by atoms with Crippen molar-refractivity contribution >= 4 is 22.4 Å². The van der Waals surface area contributed by atoms with Gasteiger partial charge in [0.15, 0.2) is 16.6 Å². The van der Waals surface area contributed by atoms with Crippen LogP contribution in [-0.2, 0) is 16.0 Å². The van der Waals surface area contributed by atoms with E-state index in [9.17, 15) is 4.79 Å². The van der Waals surface area contributed by atoms with Gasteiger partial charge in [-0.05, 0) is 36.6 Å². The number of anilines is 1. The molecule has 1 aromatic heterocycles. The van der Waals surface area contributed by atoms with Crippen molar-refractivity contribution in [2.45, 2.75) is 19.3 Å². The van der Waals surface area contributed by atoms with Gasteiger partial charge in [-0.1, -0.05) is 30.3 Å². The normalized spacial score (nSPS) is 10.6. The number of ether oxygens (including phenoxy) is 3. The maximum atomic E-state index is 12.2. The molecule has 3 rings (SSSR count). The molecule has 158 valence electrons. The van der Waals surface area contributed by atoms with Crippen LogP contribution in [0.5, 0.6) is 11.5 Å². The fraction of sp³-hybridized carbons (Fsp3) is 0.304. The van der Waals surface area contributed by atoms with Crippen molar-refractivity contribution in [2.24, 2.45) is 0 Å². The van der Waals surface area contributed by atoms with E-state index in [2.05, 4.69) is 22.4 Å². The smallest absolute Gasteiger partial charge is 0.226 e. The highest BCUT2D eigenvalue weighted by Gasteiger charge is 2.11. The lowest BCUT2D eigenvalue weighted by atomic mass is 10.1. The van der Waals surface area contributed by atoms with Crippen molar-refractivity contribution in [3.63, 3.8) is 0 Å². The highest BCUT2D eigenvalue weighted by molar-refractivity contribution is 7.14. The molecular weight excluding hydrogens is 400 g/mol. The van der Waals surface area contributed by atoms with E-state index >= 15 is 0 Å². The average molecular weight is 427 g/mol. The van der Waals surface area contributed by atoms with E-state index in [4.69, 9.17) is 14.2 Å². The minimum absolute atomic E-state index is 0.0603. The summed E-state index contributed by atoms with van der Waals surface area (Å²) in [5.74, 6) is 1.24. The summed E-state index contributed by atoms with van der Waals surface area (Å²) in [6.07, 6.45) is 1.95.